The fraction of sp³-hybridized carbons (Fsp3) is 0.0526. The van der Waals surface area contributed by atoms with Gasteiger partial charge in [-0.2, -0.15) is 31.6 Å². The van der Waals surface area contributed by atoms with Crippen LogP contribution in [0.25, 0.3) is 21.8 Å². The van der Waals surface area contributed by atoms with Crippen LogP contribution >= 0.6 is 0 Å². The monoisotopic (exact) mass is 398 g/mol. The van der Waals surface area contributed by atoms with Crippen molar-refractivity contribution < 1.29 is 0 Å². The van der Waals surface area contributed by atoms with Gasteiger partial charge in [-0.3, -0.25) is 4.99 Å². The minimum atomic E-state index is -0.356. The van der Waals surface area contributed by atoms with Crippen molar-refractivity contribution in [3.05, 3.63) is 28.6 Å². The van der Waals surface area contributed by atoms with E-state index in [9.17, 15) is 31.6 Å². The van der Waals surface area contributed by atoms with E-state index < -0.39 is 0 Å². The molecule has 0 bridgehead atoms. The second kappa shape index (κ2) is 6.97. The van der Waals surface area contributed by atoms with Crippen LogP contribution in [0.2, 0.25) is 0 Å². The number of fused-ring (bicyclic) bond motifs is 6. The first-order valence-corrected chi connectivity index (χ1v) is 8.22. The summed E-state index contributed by atoms with van der Waals surface area (Å²) in [5.41, 5.74) is -0.857. The van der Waals surface area contributed by atoms with E-state index >= 15 is 0 Å². The molecular formula is C19H2N12. The van der Waals surface area contributed by atoms with Gasteiger partial charge in [0.05, 0.1) is 39.6 Å². The molecule has 1 aliphatic rings. The van der Waals surface area contributed by atoms with Gasteiger partial charge in [-0.25, -0.2) is 24.9 Å². The number of benzene rings is 1. The molecule has 0 fully saturated rings. The summed E-state index contributed by atoms with van der Waals surface area (Å²) < 4.78 is 0. The summed E-state index contributed by atoms with van der Waals surface area (Å²) in [6.45, 7) is -0.211. The van der Waals surface area contributed by atoms with Crippen LogP contribution in [0.5, 0.6) is 0 Å². The molecule has 0 atom stereocenters. The molecular weight excluding hydrogens is 396 g/mol. The number of nitriles is 6. The molecule has 3 aromatic rings. The van der Waals surface area contributed by atoms with Gasteiger partial charge >= 0.3 is 0 Å². The molecule has 0 saturated carbocycles. The molecule has 0 aliphatic carbocycles. The van der Waals surface area contributed by atoms with Gasteiger partial charge in [0.15, 0.2) is 11.4 Å². The highest BCUT2D eigenvalue weighted by atomic mass is 14.9. The number of aromatic nitrogens is 4. The summed E-state index contributed by atoms with van der Waals surface area (Å²) in [5.74, 6) is -0.711. The maximum Gasteiger partial charge on any atom is 0.234 e. The van der Waals surface area contributed by atoms with Gasteiger partial charge in [-0.1, -0.05) is 0 Å². The lowest BCUT2D eigenvalue weighted by Crippen LogP contribution is -2.07. The average molecular weight is 398 g/mol. The predicted octanol–water partition coefficient (Wildman–Crippen LogP) is 0.982. The molecule has 4 rings (SSSR count). The Morgan fingerprint density at radius 1 is 0.613 bits per heavy atom. The van der Waals surface area contributed by atoms with Gasteiger partial charge in [0.2, 0.25) is 11.6 Å². The van der Waals surface area contributed by atoms with Crippen LogP contribution in [0.15, 0.2) is 9.98 Å². The van der Waals surface area contributed by atoms with Crippen LogP contribution in [0.3, 0.4) is 0 Å². The maximum atomic E-state index is 9.69. The minimum Gasteiger partial charge on any atom is -0.266 e. The van der Waals surface area contributed by atoms with E-state index in [-0.39, 0.29) is 74.1 Å². The van der Waals surface area contributed by atoms with Gasteiger partial charge in [0.1, 0.15) is 47.8 Å². The van der Waals surface area contributed by atoms with Gasteiger partial charge < -0.3 is 0 Å². The van der Waals surface area contributed by atoms with Crippen LogP contribution in [0, 0.1) is 68.0 Å². The van der Waals surface area contributed by atoms with Gasteiger partial charge in [0.25, 0.3) is 0 Å². The lowest BCUT2D eigenvalue weighted by molar-refractivity contribution is 1.12. The summed E-state index contributed by atoms with van der Waals surface area (Å²) in [7, 11) is 0. The molecule has 1 aromatic carbocycles. The molecule has 12 nitrogen and oxygen atoms in total. The molecule has 2 aromatic heterocycles. The van der Waals surface area contributed by atoms with E-state index in [1.807, 2.05) is 24.3 Å². The van der Waals surface area contributed by atoms with Gasteiger partial charge in [-0.15, -0.1) is 0 Å². The van der Waals surface area contributed by atoms with Gasteiger partial charge in [-0.05, 0) is 0 Å². The molecule has 0 saturated heterocycles. The van der Waals surface area contributed by atoms with Crippen molar-refractivity contribution in [1.29, 1.82) is 31.6 Å². The van der Waals surface area contributed by atoms with E-state index in [1.165, 1.54) is 0 Å². The van der Waals surface area contributed by atoms with Crippen LogP contribution < -0.4 is 0 Å². The number of nitrogens with zero attached hydrogens (tertiary/aromatic N) is 12. The topological polar surface area (TPSA) is 219 Å². The standard InChI is InChI=1S/C19H2N12/c20-1-8-7-26-9(2-21)14-17(27-8)15-10(3-22)28-13(6-25)31-19(15)16-11(4-23)29-12(5-24)30-18(14)16/h7H2. The van der Waals surface area contributed by atoms with Crippen LogP contribution in [-0.4, -0.2) is 37.9 Å². The van der Waals surface area contributed by atoms with E-state index in [2.05, 4.69) is 29.9 Å². The highest BCUT2D eigenvalue weighted by Gasteiger charge is 2.28. The van der Waals surface area contributed by atoms with E-state index in [0.29, 0.717) is 0 Å². The molecule has 1 aliphatic heterocycles. The molecule has 138 valence electrons. The molecule has 0 spiro atoms. The van der Waals surface area contributed by atoms with Crippen molar-refractivity contribution in [2.45, 2.75) is 0 Å². The van der Waals surface area contributed by atoms with Crippen LogP contribution in [0.1, 0.15) is 28.6 Å². The maximum absolute atomic E-state index is 9.69. The lowest BCUT2D eigenvalue weighted by Gasteiger charge is -2.13. The summed E-state index contributed by atoms with van der Waals surface area (Å²) in [6, 6.07) is 10.9. The molecule has 31 heavy (non-hydrogen) atoms. The second-order valence-electron chi connectivity index (χ2n) is 5.86. The van der Waals surface area contributed by atoms with E-state index in [1.54, 1.807) is 12.1 Å². The SMILES string of the molecule is N#CC1=Nc2c(c3nc(C#N)nc(C#N)c3c3nc(C#N)nc(C#N)c23)C(C#N)=NC1. The molecule has 0 radical (unpaired) electrons. The Kier molecular flexibility index (Phi) is 4.17. The number of aliphatic imine (C=N–C) groups is 2. The summed E-state index contributed by atoms with van der Waals surface area (Å²) in [4.78, 5) is 24.4. The van der Waals surface area contributed by atoms with Crippen molar-refractivity contribution in [2.75, 3.05) is 6.54 Å². The van der Waals surface area contributed by atoms with Crippen LogP contribution in [0.4, 0.5) is 5.69 Å². The highest BCUT2D eigenvalue weighted by molar-refractivity contribution is 6.29. The van der Waals surface area contributed by atoms with Crippen molar-refractivity contribution in [3.8, 4) is 36.4 Å². The zero-order chi connectivity index (χ0) is 22.1. The summed E-state index contributed by atoms with van der Waals surface area (Å²) in [5, 5.41) is 57.0. The number of rotatable bonds is 0. The fourth-order valence-corrected chi connectivity index (χ4v) is 3.12. The summed E-state index contributed by atoms with van der Waals surface area (Å²) in [6.07, 6.45) is 0. The molecule has 0 N–H and O–H groups in total. The Balaban J connectivity index is 2.48. The second-order valence-corrected chi connectivity index (χ2v) is 5.86. The molecule has 12 heteroatoms. The Labute approximate surface area is 172 Å². The zero-order valence-corrected chi connectivity index (χ0v) is 15.1. The first-order chi connectivity index (χ1) is 15.1. The lowest BCUT2D eigenvalue weighted by atomic mass is 9.97. The Morgan fingerprint density at radius 3 is 1.77 bits per heavy atom. The Bertz CT molecular complexity index is 1670. The molecule has 0 amide bonds. The zero-order valence-electron chi connectivity index (χ0n) is 15.1. The smallest absolute Gasteiger partial charge is 0.234 e. The Morgan fingerprint density at radius 2 is 1.23 bits per heavy atom. The minimum absolute atomic E-state index is 0.00390. The molecule has 3 heterocycles. The van der Waals surface area contributed by atoms with E-state index in [4.69, 9.17) is 0 Å². The van der Waals surface area contributed by atoms with Crippen molar-refractivity contribution in [3.63, 3.8) is 0 Å². The predicted molar refractivity (Wildman–Crippen MR) is 101 cm³/mol. The fourth-order valence-electron chi connectivity index (χ4n) is 3.12. The quantitative estimate of drug-likeness (QED) is 0.488. The first kappa shape index (κ1) is 18.5. The first-order valence-electron chi connectivity index (χ1n) is 8.22. The third-order valence-electron chi connectivity index (χ3n) is 4.28. The number of hydrogen-bond donors (Lipinski definition) is 0. The van der Waals surface area contributed by atoms with Gasteiger partial charge in [0, 0.05) is 0 Å². The number of hydrogen-bond acceptors (Lipinski definition) is 12. The van der Waals surface area contributed by atoms with Crippen molar-refractivity contribution >= 4 is 38.9 Å². The van der Waals surface area contributed by atoms with Crippen molar-refractivity contribution in [2.24, 2.45) is 9.98 Å². The summed E-state index contributed by atoms with van der Waals surface area (Å²) >= 11 is 0. The highest BCUT2D eigenvalue weighted by Crippen LogP contribution is 2.40. The Hall–Kier alpha value is -5.82. The van der Waals surface area contributed by atoms with E-state index in [0.717, 1.165) is 0 Å². The third-order valence-corrected chi connectivity index (χ3v) is 4.28. The van der Waals surface area contributed by atoms with Crippen molar-refractivity contribution in [1.82, 2.24) is 19.9 Å². The van der Waals surface area contributed by atoms with Crippen LogP contribution in [-0.2, 0) is 0 Å². The third kappa shape index (κ3) is 2.64. The largest absolute Gasteiger partial charge is 0.266 e. The normalized spacial score (nSPS) is 11.9. The average Bonchev–Trinajstić information content (AvgIpc) is 3.01. The molecule has 0 unspecified atom stereocenters.